The minimum Gasteiger partial charge on any atom is -0.438 e. The van der Waals surface area contributed by atoms with Crippen molar-refractivity contribution in [2.45, 2.75) is 4.90 Å². The average molecular weight is 267 g/mol. The van der Waals surface area contributed by atoms with Gasteiger partial charge >= 0.3 is 0 Å². The van der Waals surface area contributed by atoms with Gasteiger partial charge in [-0.25, -0.2) is 4.98 Å². The van der Waals surface area contributed by atoms with Gasteiger partial charge in [-0.3, -0.25) is 0 Å². The van der Waals surface area contributed by atoms with Crippen LogP contribution in [0.2, 0.25) is 5.15 Å². The summed E-state index contributed by atoms with van der Waals surface area (Å²) in [5, 5.41) is 0.321. The van der Waals surface area contributed by atoms with Crippen molar-refractivity contribution in [3.63, 3.8) is 0 Å². The lowest BCUT2D eigenvalue weighted by molar-refractivity contribution is 0.453. The number of pyridine rings is 1. The molecule has 0 radical (unpaired) electrons. The van der Waals surface area contributed by atoms with Crippen LogP contribution in [-0.4, -0.2) is 11.2 Å². The molecule has 0 fully saturated rings. The topological polar surface area (TPSA) is 48.1 Å². The van der Waals surface area contributed by atoms with Crippen molar-refractivity contribution in [3.8, 4) is 11.6 Å². The van der Waals surface area contributed by atoms with E-state index in [0.717, 1.165) is 10.6 Å². The zero-order valence-electron chi connectivity index (χ0n) is 9.18. The molecule has 0 spiro atoms. The van der Waals surface area contributed by atoms with Crippen LogP contribution in [0.3, 0.4) is 0 Å². The third-order valence-electron chi connectivity index (χ3n) is 2.08. The number of thioether (sulfide) groups is 1. The maximum absolute atomic E-state index is 5.81. The number of nitrogen functional groups attached to an aromatic ring is 1. The van der Waals surface area contributed by atoms with Gasteiger partial charge in [0.25, 0.3) is 0 Å². The van der Waals surface area contributed by atoms with Crippen LogP contribution in [0.5, 0.6) is 11.6 Å². The van der Waals surface area contributed by atoms with Gasteiger partial charge in [0.1, 0.15) is 10.9 Å². The number of ether oxygens (including phenoxy) is 1. The number of anilines is 1. The Morgan fingerprint density at radius 3 is 2.76 bits per heavy atom. The van der Waals surface area contributed by atoms with E-state index in [1.165, 1.54) is 0 Å². The SMILES string of the molecule is CSc1ccccc1Oc1cc(N)cc(Cl)n1. The Kier molecular flexibility index (Phi) is 3.76. The molecule has 2 rings (SSSR count). The van der Waals surface area contributed by atoms with E-state index in [4.69, 9.17) is 22.1 Å². The highest BCUT2D eigenvalue weighted by Gasteiger charge is 2.05. The summed E-state index contributed by atoms with van der Waals surface area (Å²) < 4.78 is 5.67. The first-order valence-electron chi connectivity index (χ1n) is 4.93. The van der Waals surface area contributed by atoms with Crippen molar-refractivity contribution in [2.75, 3.05) is 12.0 Å². The van der Waals surface area contributed by atoms with E-state index in [9.17, 15) is 0 Å². The Balaban J connectivity index is 2.31. The van der Waals surface area contributed by atoms with Crippen LogP contribution in [-0.2, 0) is 0 Å². The molecule has 0 atom stereocenters. The summed E-state index contributed by atoms with van der Waals surface area (Å²) in [7, 11) is 0. The fraction of sp³-hybridized carbons (Fsp3) is 0.0833. The van der Waals surface area contributed by atoms with Gasteiger partial charge in [0.05, 0.1) is 0 Å². The van der Waals surface area contributed by atoms with Crippen LogP contribution in [0.15, 0.2) is 41.3 Å². The van der Waals surface area contributed by atoms with E-state index >= 15 is 0 Å². The van der Waals surface area contributed by atoms with Crippen LogP contribution in [0, 0.1) is 0 Å². The molecule has 0 unspecified atom stereocenters. The molecule has 2 N–H and O–H groups in total. The number of rotatable bonds is 3. The Morgan fingerprint density at radius 1 is 1.29 bits per heavy atom. The number of nitrogens with zero attached hydrogens (tertiary/aromatic N) is 1. The van der Waals surface area contributed by atoms with Gasteiger partial charge < -0.3 is 10.5 Å². The number of hydrogen-bond donors (Lipinski definition) is 1. The highest BCUT2D eigenvalue weighted by molar-refractivity contribution is 7.98. The van der Waals surface area contributed by atoms with Crippen molar-refractivity contribution in [2.24, 2.45) is 0 Å². The minimum atomic E-state index is 0.321. The van der Waals surface area contributed by atoms with Crippen LogP contribution in [0.4, 0.5) is 5.69 Å². The number of halogens is 1. The second-order valence-corrected chi connectivity index (χ2v) is 4.55. The summed E-state index contributed by atoms with van der Waals surface area (Å²) in [6.45, 7) is 0. The van der Waals surface area contributed by atoms with Crippen LogP contribution < -0.4 is 10.5 Å². The molecule has 17 heavy (non-hydrogen) atoms. The number of hydrogen-bond acceptors (Lipinski definition) is 4. The van der Waals surface area contributed by atoms with E-state index in [-0.39, 0.29) is 0 Å². The first kappa shape index (κ1) is 12.1. The van der Waals surface area contributed by atoms with E-state index in [1.54, 1.807) is 23.9 Å². The van der Waals surface area contributed by atoms with Crippen LogP contribution >= 0.6 is 23.4 Å². The van der Waals surface area contributed by atoms with Crippen LogP contribution in [0.1, 0.15) is 0 Å². The van der Waals surface area contributed by atoms with Gasteiger partial charge in [0, 0.05) is 16.6 Å². The molecule has 1 aromatic heterocycles. The summed E-state index contributed by atoms with van der Waals surface area (Å²) in [5.41, 5.74) is 6.20. The summed E-state index contributed by atoms with van der Waals surface area (Å²) in [5.74, 6) is 1.14. The highest BCUT2D eigenvalue weighted by atomic mass is 35.5. The molecule has 0 saturated carbocycles. The molecule has 5 heteroatoms. The number of benzene rings is 1. The van der Waals surface area contributed by atoms with E-state index in [0.29, 0.717) is 16.7 Å². The normalized spacial score (nSPS) is 10.2. The van der Waals surface area contributed by atoms with E-state index < -0.39 is 0 Å². The van der Waals surface area contributed by atoms with Gasteiger partial charge in [-0.1, -0.05) is 23.7 Å². The molecule has 1 heterocycles. The van der Waals surface area contributed by atoms with Crippen LogP contribution in [0.25, 0.3) is 0 Å². The summed E-state index contributed by atoms with van der Waals surface area (Å²) >= 11 is 7.42. The third-order valence-corrected chi connectivity index (χ3v) is 3.05. The molecular weight excluding hydrogens is 256 g/mol. The summed E-state index contributed by atoms with van der Waals surface area (Å²) in [6.07, 6.45) is 1.99. The van der Waals surface area contributed by atoms with Gasteiger partial charge in [0.15, 0.2) is 0 Å². The smallest absolute Gasteiger partial charge is 0.222 e. The molecule has 0 aliphatic heterocycles. The molecule has 0 aliphatic carbocycles. The molecule has 0 bridgehead atoms. The Bertz CT molecular complexity index is 513. The lowest BCUT2D eigenvalue weighted by Crippen LogP contribution is -1.92. The Labute approximate surface area is 109 Å². The second-order valence-electron chi connectivity index (χ2n) is 3.31. The monoisotopic (exact) mass is 266 g/mol. The first-order valence-corrected chi connectivity index (χ1v) is 6.53. The third kappa shape index (κ3) is 3.05. The van der Waals surface area contributed by atoms with Crippen molar-refractivity contribution in [1.29, 1.82) is 0 Å². The van der Waals surface area contributed by atoms with Crippen molar-refractivity contribution < 1.29 is 4.74 Å². The maximum atomic E-state index is 5.81. The van der Waals surface area contributed by atoms with Gasteiger partial charge in [-0.05, 0) is 24.5 Å². The Morgan fingerprint density at radius 2 is 2.06 bits per heavy atom. The van der Waals surface area contributed by atoms with Gasteiger partial charge in [-0.15, -0.1) is 11.8 Å². The largest absolute Gasteiger partial charge is 0.438 e. The van der Waals surface area contributed by atoms with Gasteiger partial charge in [0.2, 0.25) is 5.88 Å². The number of aromatic nitrogens is 1. The molecule has 88 valence electrons. The molecule has 0 saturated heterocycles. The summed E-state index contributed by atoms with van der Waals surface area (Å²) in [4.78, 5) is 5.09. The molecule has 1 aromatic carbocycles. The minimum absolute atomic E-state index is 0.321. The van der Waals surface area contributed by atoms with Crippen molar-refractivity contribution >= 4 is 29.1 Å². The van der Waals surface area contributed by atoms with E-state index in [2.05, 4.69) is 4.98 Å². The lowest BCUT2D eigenvalue weighted by atomic mass is 10.3. The summed E-state index contributed by atoms with van der Waals surface area (Å²) in [6, 6.07) is 10.9. The van der Waals surface area contributed by atoms with E-state index in [1.807, 2.05) is 30.5 Å². The van der Waals surface area contributed by atoms with Gasteiger partial charge in [-0.2, -0.15) is 0 Å². The lowest BCUT2D eigenvalue weighted by Gasteiger charge is -2.09. The fourth-order valence-electron chi connectivity index (χ4n) is 1.36. The number of para-hydroxylation sites is 1. The maximum Gasteiger partial charge on any atom is 0.222 e. The second kappa shape index (κ2) is 5.29. The molecule has 0 amide bonds. The molecular formula is C12H11ClN2OS. The van der Waals surface area contributed by atoms with Crippen molar-refractivity contribution in [3.05, 3.63) is 41.6 Å². The molecule has 2 aromatic rings. The first-order chi connectivity index (χ1) is 8.19. The number of nitrogens with two attached hydrogens (primary N) is 1. The predicted molar refractivity (Wildman–Crippen MR) is 72.0 cm³/mol. The fourth-order valence-corrected chi connectivity index (χ4v) is 2.09. The Hall–Kier alpha value is -1.39. The zero-order chi connectivity index (χ0) is 12.3. The zero-order valence-corrected chi connectivity index (χ0v) is 10.8. The highest BCUT2D eigenvalue weighted by Crippen LogP contribution is 2.31. The average Bonchev–Trinajstić information content (AvgIpc) is 2.28. The molecule has 3 nitrogen and oxygen atoms in total. The molecule has 0 aliphatic rings. The van der Waals surface area contributed by atoms with Crippen molar-refractivity contribution in [1.82, 2.24) is 4.98 Å². The standard InChI is InChI=1S/C12H11ClN2OS/c1-17-10-5-3-2-4-9(10)16-12-7-8(14)6-11(13)15-12/h2-7H,1H3,(H2,14,15). The quantitative estimate of drug-likeness (QED) is 0.677. The predicted octanol–water partition coefficient (Wildman–Crippen LogP) is 3.83.